The zero-order valence-electron chi connectivity index (χ0n) is 10.0. The van der Waals surface area contributed by atoms with Gasteiger partial charge in [0.1, 0.15) is 0 Å². The molecule has 2 atom stereocenters. The van der Waals surface area contributed by atoms with Crippen molar-refractivity contribution < 1.29 is 14.3 Å². The van der Waals surface area contributed by atoms with E-state index in [1.54, 1.807) is 0 Å². The molecule has 0 aliphatic carbocycles. The highest BCUT2D eigenvalue weighted by Gasteiger charge is 2.45. The zero-order valence-corrected chi connectivity index (χ0v) is 12.0. The van der Waals surface area contributed by atoms with Gasteiger partial charge < -0.3 is 14.3 Å². The molecule has 0 aliphatic heterocycles. The van der Waals surface area contributed by atoms with Gasteiger partial charge in [0, 0.05) is 0 Å². The van der Waals surface area contributed by atoms with Crippen LogP contribution in [0.2, 0.25) is 26.2 Å². The van der Waals surface area contributed by atoms with E-state index in [1.807, 2.05) is 26.2 Å². The number of aliphatic hydroxyl groups is 2. The van der Waals surface area contributed by atoms with Crippen molar-refractivity contribution in [3.8, 4) is 0 Å². The summed E-state index contributed by atoms with van der Waals surface area (Å²) in [5, 5.41) is 19.7. The van der Waals surface area contributed by atoms with Crippen LogP contribution in [0.25, 0.3) is 0 Å². The van der Waals surface area contributed by atoms with E-state index in [2.05, 4.69) is 13.2 Å². The molecule has 3 nitrogen and oxygen atoms in total. The van der Waals surface area contributed by atoms with Gasteiger partial charge in [0.15, 0.2) is 8.32 Å². The highest BCUT2D eigenvalue weighted by Crippen LogP contribution is 2.22. The Balaban J connectivity index is 5.02. The first-order chi connectivity index (χ1) is 6.67. The quantitative estimate of drug-likeness (QED) is 0.553. The lowest BCUT2D eigenvalue weighted by atomic mass is 10.7. The van der Waals surface area contributed by atoms with Crippen LogP contribution in [0.4, 0.5) is 0 Å². The maximum absolute atomic E-state index is 9.87. The van der Waals surface area contributed by atoms with Crippen molar-refractivity contribution in [2.45, 2.75) is 37.6 Å². The maximum Gasteiger partial charge on any atom is 0.242 e. The summed E-state index contributed by atoms with van der Waals surface area (Å²) in [7, 11) is -4.46. The summed E-state index contributed by atoms with van der Waals surface area (Å²) in [6.45, 7) is 15.0. The van der Waals surface area contributed by atoms with Gasteiger partial charge in [0.05, 0.1) is 11.5 Å². The van der Waals surface area contributed by atoms with Gasteiger partial charge in [-0.2, -0.15) is 0 Å². The van der Waals surface area contributed by atoms with Crippen LogP contribution in [-0.4, -0.2) is 38.3 Å². The normalized spacial score (nSPS) is 20.1. The first kappa shape index (κ1) is 14.8. The first-order valence-corrected chi connectivity index (χ1v) is 11.0. The predicted octanol–water partition coefficient (Wildman–Crippen LogP) is 1.59. The first-order valence-electron chi connectivity index (χ1n) is 4.99. The third-order valence-electron chi connectivity index (χ3n) is 2.15. The molecule has 0 radical (unpaired) electrons. The highest BCUT2D eigenvalue weighted by molar-refractivity contribution is 6.86. The van der Waals surface area contributed by atoms with E-state index in [9.17, 15) is 10.2 Å². The van der Waals surface area contributed by atoms with E-state index >= 15 is 0 Å². The van der Waals surface area contributed by atoms with Crippen molar-refractivity contribution in [1.29, 1.82) is 0 Å². The standard InChI is InChI=1S/C10H22O3Si2/c1-7-9(11)15(6,10(12)8-2)13-14(3,4)5/h7-12H,1-2H2,3-6H3. The average molecular weight is 246 g/mol. The van der Waals surface area contributed by atoms with Gasteiger partial charge >= 0.3 is 0 Å². The molecular weight excluding hydrogens is 224 g/mol. The summed E-state index contributed by atoms with van der Waals surface area (Å²) in [4.78, 5) is 0. The van der Waals surface area contributed by atoms with Crippen LogP contribution < -0.4 is 0 Å². The number of hydrogen-bond acceptors (Lipinski definition) is 3. The van der Waals surface area contributed by atoms with Gasteiger partial charge in [-0.25, -0.2) is 0 Å². The molecule has 0 saturated carbocycles. The fourth-order valence-electron chi connectivity index (χ4n) is 1.42. The molecule has 0 saturated heterocycles. The summed E-state index contributed by atoms with van der Waals surface area (Å²) in [5.41, 5.74) is -1.56. The fourth-order valence-corrected chi connectivity index (χ4v) is 8.95. The van der Waals surface area contributed by atoms with Gasteiger partial charge in [0.2, 0.25) is 8.32 Å². The summed E-state index contributed by atoms with van der Waals surface area (Å²) in [5.74, 6) is 0. The monoisotopic (exact) mass is 246 g/mol. The Kier molecular flexibility index (Phi) is 5.15. The van der Waals surface area contributed by atoms with Gasteiger partial charge in [-0.3, -0.25) is 0 Å². The molecule has 0 aromatic heterocycles. The minimum atomic E-state index is -2.65. The lowest BCUT2D eigenvalue weighted by molar-refractivity contribution is 0.214. The predicted molar refractivity (Wildman–Crippen MR) is 68.5 cm³/mol. The third kappa shape index (κ3) is 4.04. The second-order valence-corrected chi connectivity index (χ2v) is 13.4. The number of hydrogen-bond donors (Lipinski definition) is 2. The van der Waals surface area contributed by atoms with E-state index in [-0.39, 0.29) is 0 Å². The third-order valence-corrected chi connectivity index (χ3v) is 9.18. The molecule has 0 rings (SSSR count). The van der Waals surface area contributed by atoms with Crippen molar-refractivity contribution >= 4 is 16.6 Å². The molecule has 0 heterocycles. The molecule has 0 aromatic rings. The van der Waals surface area contributed by atoms with Crippen LogP contribution in [0, 0.1) is 0 Å². The maximum atomic E-state index is 9.87. The van der Waals surface area contributed by atoms with Crippen LogP contribution in [-0.2, 0) is 4.12 Å². The molecule has 0 aromatic carbocycles. The SMILES string of the molecule is C=CC(O)[Si](C)(O[Si](C)(C)C)C(O)C=C. The molecule has 88 valence electrons. The van der Waals surface area contributed by atoms with Crippen molar-refractivity contribution in [3.63, 3.8) is 0 Å². The summed E-state index contributed by atoms with van der Waals surface area (Å²) >= 11 is 0. The van der Waals surface area contributed by atoms with E-state index in [0.29, 0.717) is 0 Å². The van der Waals surface area contributed by atoms with Crippen LogP contribution in [0.3, 0.4) is 0 Å². The van der Waals surface area contributed by atoms with Crippen LogP contribution in [0.15, 0.2) is 25.3 Å². The van der Waals surface area contributed by atoms with Gasteiger partial charge in [-0.1, -0.05) is 12.2 Å². The lowest BCUT2D eigenvalue weighted by Gasteiger charge is -2.38. The zero-order chi connectivity index (χ0) is 12.3. The largest absolute Gasteiger partial charge is 0.452 e. The van der Waals surface area contributed by atoms with Gasteiger partial charge in [0.25, 0.3) is 0 Å². The smallest absolute Gasteiger partial charge is 0.242 e. The summed E-state index contributed by atoms with van der Waals surface area (Å²) in [6.07, 6.45) is 2.86. The van der Waals surface area contributed by atoms with Gasteiger partial charge in [-0.05, 0) is 26.2 Å². The second-order valence-electron chi connectivity index (χ2n) is 4.76. The minimum Gasteiger partial charge on any atom is -0.452 e. The van der Waals surface area contributed by atoms with E-state index in [0.717, 1.165) is 0 Å². The molecule has 0 aliphatic rings. The fraction of sp³-hybridized carbons (Fsp3) is 0.600. The Morgan fingerprint density at radius 2 is 1.33 bits per heavy atom. The van der Waals surface area contributed by atoms with E-state index < -0.39 is 28.1 Å². The molecule has 0 amide bonds. The lowest BCUT2D eigenvalue weighted by Crippen LogP contribution is -2.60. The molecule has 5 heteroatoms. The molecule has 0 spiro atoms. The Bertz CT molecular complexity index is 221. The van der Waals surface area contributed by atoms with Crippen molar-refractivity contribution in [1.82, 2.24) is 0 Å². The summed E-state index contributed by atoms with van der Waals surface area (Å²) in [6, 6.07) is 0. The molecule has 2 N–H and O–H groups in total. The Morgan fingerprint density at radius 1 is 1.00 bits per heavy atom. The van der Waals surface area contributed by atoms with Gasteiger partial charge in [-0.15, -0.1) is 13.2 Å². The second kappa shape index (κ2) is 5.22. The Morgan fingerprint density at radius 3 is 1.53 bits per heavy atom. The van der Waals surface area contributed by atoms with Crippen molar-refractivity contribution in [2.75, 3.05) is 0 Å². The number of aliphatic hydroxyl groups excluding tert-OH is 2. The average Bonchev–Trinajstić information content (AvgIpc) is 2.12. The van der Waals surface area contributed by atoms with Crippen LogP contribution >= 0.6 is 0 Å². The van der Waals surface area contributed by atoms with Crippen molar-refractivity contribution in [3.05, 3.63) is 25.3 Å². The molecule has 2 unspecified atom stereocenters. The molecule has 0 bridgehead atoms. The molecule has 0 fully saturated rings. The molecular formula is C10H22O3Si2. The van der Waals surface area contributed by atoms with Crippen LogP contribution in [0.1, 0.15) is 0 Å². The van der Waals surface area contributed by atoms with E-state index in [1.165, 1.54) is 12.2 Å². The minimum absolute atomic E-state index is 0.780. The van der Waals surface area contributed by atoms with E-state index in [4.69, 9.17) is 4.12 Å². The van der Waals surface area contributed by atoms with Crippen LogP contribution in [0.5, 0.6) is 0 Å². The Labute approximate surface area is 94.4 Å². The Hall–Kier alpha value is -0.206. The highest BCUT2D eigenvalue weighted by atomic mass is 28.4. The number of rotatable bonds is 6. The topological polar surface area (TPSA) is 49.7 Å². The molecule has 15 heavy (non-hydrogen) atoms. The van der Waals surface area contributed by atoms with Crippen molar-refractivity contribution in [2.24, 2.45) is 0 Å². The summed E-state index contributed by atoms with van der Waals surface area (Å²) < 4.78 is 5.97.